The van der Waals surface area contributed by atoms with Crippen molar-refractivity contribution in [3.8, 4) is 0 Å². The molecule has 6 aliphatic carbocycles. The van der Waals surface area contributed by atoms with Gasteiger partial charge in [0.05, 0.1) is 61.0 Å². The molecule has 3 N–H and O–H groups in total. The lowest BCUT2D eigenvalue weighted by molar-refractivity contribution is -0.338. The number of carboxylic acid groups (broad SMARTS) is 2. The second-order valence-corrected chi connectivity index (χ2v) is 18.7. The van der Waals surface area contributed by atoms with Crippen molar-refractivity contribution in [2.75, 3.05) is 6.61 Å². The third kappa shape index (κ3) is 11.2. The zero-order valence-corrected chi connectivity index (χ0v) is 33.1. The lowest BCUT2D eigenvalue weighted by Gasteiger charge is -2.47. The maximum absolute atomic E-state index is 12.9. The summed E-state index contributed by atoms with van der Waals surface area (Å²) in [6.45, 7) is 5.37. The van der Waals surface area contributed by atoms with Gasteiger partial charge in [0.1, 0.15) is 6.10 Å². The van der Waals surface area contributed by atoms with Crippen LogP contribution in [0.25, 0.3) is 0 Å². The Bertz CT molecular complexity index is 1190. The third-order valence-electron chi connectivity index (χ3n) is 14.9. The maximum Gasteiger partial charge on any atom is 0.310 e. The largest absolute Gasteiger partial charge is 0.481 e. The highest BCUT2D eigenvalue weighted by molar-refractivity contribution is 5.81. The van der Waals surface area contributed by atoms with Gasteiger partial charge in [0.15, 0.2) is 0 Å². The Morgan fingerprint density at radius 2 is 1.00 bits per heavy atom. The fourth-order valence-electron chi connectivity index (χ4n) is 11.2. The average Bonchev–Trinajstić information content (AvgIpc) is 3.16. The standard InChI is InChI=1S/C43H70O11/c1-43(2,29-9-14-32(15-10-29)52-34-20-22-36(23-21-34)54-50-26-27-5-3-4-6-37(27)40(45)46)28-7-12-31(13-8-28)51-33-16-18-35(19-17-33)53-42(49)39-25-30(44)11-24-38(39)41(47)48/h27-39,44H,3-26H2,1-2H3,(H,45,46)(H,47,48). The lowest BCUT2D eigenvalue weighted by Crippen LogP contribution is -2.41. The second kappa shape index (κ2) is 19.6. The molecule has 6 saturated carbocycles. The van der Waals surface area contributed by atoms with Crippen molar-refractivity contribution >= 4 is 17.9 Å². The van der Waals surface area contributed by atoms with Crippen LogP contribution in [0.5, 0.6) is 0 Å². The van der Waals surface area contributed by atoms with Crippen LogP contribution in [0.4, 0.5) is 0 Å². The number of hydrogen-bond acceptors (Lipinski definition) is 9. The van der Waals surface area contributed by atoms with E-state index < -0.39 is 35.8 Å². The summed E-state index contributed by atoms with van der Waals surface area (Å²) in [6.07, 6.45) is 21.3. The molecular weight excluding hydrogens is 692 g/mol. The van der Waals surface area contributed by atoms with Crippen molar-refractivity contribution in [1.29, 1.82) is 0 Å². The average molecular weight is 763 g/mol. The molecular formula is C43H70O11. The van der Waals surface area contributed by atoms with Gasteiger partial charge in [0.2, 0.25) is 0 Å². The molecule has 11 heteroatoms. The molecule has 0 amide bonds. The number of aliphatic hydroxyl groups is 1. The van der Waals surface area contributed by atoms with Crippen molar-refractivity contribution in [2.24, 2.45) is 40.9 Å². The fraction of sp³-hybridized carbons (Fsp3) is 0.930. The van der Waals surface area contributed by atoms with Gasteiger partial charge in [-0.15, -0.1) is 0 Å². The fourth-order valence-corrected chi connectivity index (χ4v) is 11.2. The first kappa shape index (κ1) is 41.8. The second-order valence-electron chi connectivity index (χ2n) is 18.7. The summed E-state index contributed by atoms with van der Waals surface area (Å²) >= 11 is 0. The van der Waals surface area contributed by atoms with Gasteiger partial charge in [-0.1, -0.05) is 26.7 Å². The molecule has 0 saturated heterocycles. The number of carbonyl (C=O) groups excluding carboxylic acids is 1. The Morgan fingerprint density at radius 1 is 0.537 bits per heavy atom. The number of ether oxygens (including phenoxy) is 3. The van der Waals surface area contributed by atoms with Crippen LogP contribution in [-0.2, 0) is 38.4 Å². The number of aliphatic hydroxyl groups excluding tert-OH is 1. The first-order chi connectivity index (χ1) is 26.0. The van der Waals surface area contributed by atoms with Crippen LogP contribution >= 0.6 is 0 Å². The summed E-state index contributed by atoms with van der Waals surface area (Å²) in [4.78, 5) is 47.5. The van der Waals surface area contributed by atoms with E-state index in [9.17, 15) is 29.7 Å². The number of rotatable bonds is 14. The normalized spacial score (nSPS) is 39.7. The summed E-state index contributed by atoms with van der Waals surface area (Å²) in [5.74, 6) is -2.54. The Kier molecular flexibility index (Phi) is 15.2. The first-order valence-electron chi connectivity index (χ1n) is 21.9. The molecule has 308 valence electrons. The maximum atomic E-state index is 12.9. The van der Waals surface area contributed by atoms with E-state index in [1.807, 2.05) is 0 Å². The third-order valence-corrected chi connectivity index (χ3v) is 14.9. The zero-order chi connectivity index (χ0) is 38.2. The van der Waals surface area contributed by atoms with Gasteiger partial charge in [-0.2, -0.15) is 0 Å². The van der Waals surface area contributed by atoms with Gasteiger partial charge in [-0.3, -0.25) is 14.4 Å². The number of carbonyl (C=O) groups is 3. The molecule has 6 fully saturated rings. The van der Waals surface area contributed by atoms with Gasteiger partial charge in [-0.05, 0) is 158 Å². The van der Waals surface area contributed by atoms with Gasteiger partial charge in [-0.25, -0.2) is 9.78 Å². The molecule has 5 atom stereocenters. The molecule has 0 aromatic rings. The van der Waals surface area contributed by atoms with Crippen molar-refractivity contribution in [3.63, 3.8) is 0 Å². The van der Waals surface area contributed by atoms with Crippen molar-refractivity contribution in [2.45, 2.75) is 204 Å². The first-order valence-corrected chi connectivity index (χ1v) is 21.9. The number of carboxylic acids is 2. The van der Waals surface area contributed by atoms with E-state index in [1.165, 1.54) is 25.7 Å². The highest BCUT2D eigenvalue weighted by Gasteiger charge is 2.43. The summed E-state index contributed by atoms with van der Waals surface area (Å²) < 4.78 is 19.1. The van der Waals surface area contributed by atoms with Crippen molar-refractivity contribution < 1.29 is 53.7 Å². The van der Waals surface area contributed by atoms with Gasteiger partial charge < -0.3 is 29.5 Å². The van der Waals surface area contributed by atoms with Crippen molar-refractivity contribution in [1.82, 2.24) is 0 Å². The van der Waals surface area contributed by atoms with E-state index in [1.54, 1.807) is 0 Å². The quantitative estimate of drug-likeness (QED) is 0.0894. The SMILES string of the molecule is CC(C)(C1CCC(OC2CCC(OOCC3CCCCC3C(=O)O)CC2)CC1)C1CCC(OC2CCC(OC(=O)C3CC(O)CCC3C(=O)O)CC2)CC1. The molecule has 0 radical (unpaired) electrons. The predicted octanol–water partition coefficient (Wildman–Crippen LogP) is 8.03. The summed E-state index contributed by atoms with van der Waals surface area (Å²) in [5, 5.41) is 29.1. The topological polar surface area (TPSA) is 158 Å². The van der Waals surface area contributed by atoms with Crippen LogP contribution < -0.4 is 0 Å². The van der Waals surface area contributed by atoms with Gasteiger partial charge >= 0.3 is 17.9 Å². The Labute approximate surface area is 322 Å². The predicted molar refractivity (Wildman–Crippen MR) is 200 cm³/mol. The Morgan fingerprint density at radius 3 is 1.52 bits per heavy atom. The van der Waals surface area contributed by atoms with Crippen LogP contribution in [0, 0.1) is 40.9 Å². The molecule has 11 nitrogen and oxygen atoms in total. The van der Waals surface area contributed by atoms with Crippen LogP contribution in [0.15, 0.2) is 0 Å². The minimum absolute atomic E-state index is 0.0487. The molecule has 5 unspecified atom stereocenters. The van der Waals surface area contributed by atoms with E-state index in [0.29, 0.717) is 48.9 Å². The number of esters is 1. The Hall–Kier alpha value is -1.79. The summed E-state index contributed by atoms with van der Waals surface area (Å²) in [7, 11) is 0. The van der Waals surface area contributed by atoms with E-state index in [2.05, 4.69) is 13.8 Å². The zero-order valence-electron chi connectivity index (χ0n) is 33.1. The highest BCUT2D eigenvalue weighted by Crippen LogP contribution is 2.49. The number of hydrogen-bond donors (Lipinski definition) is 3. The molecule has 0 bridgehead atoms. The van der Waals surface area contributed by atoms with E-state index in [0.717, 1.165) is 103 Å². The molecule has 6 aliphatic rings. The number of aliphatic carboxylic acids is 2. The molecule has 0 heterocycles. The monoisotopic (exact) mass is 762 g/mol. The van der Waals surface area contributed by atoms with Gasteiger partial charge in [0.25, 0.3) is 0 Å². The van der Waals surface area contributed by atoms with Crippen LogP contribution in [0.1, 0.15) is 162 Å². The van der Waals surface area contributed by atoms with Crippen molar-refractivity contribution in [3.05, 3.63) is 0 Å². The van der Waals surface area contributed by atoms with E-state index >= 15 is 0 Å². The molecule has 0 aromatic carbocycles. The van der Waals surface area contributed by atoms with E-state index in [4.69, 9.17) is 24.0 Å². The summed E-state index contributed by atoms with van der Waals surface area (Å²) in [5.41, 5.74) is 0.295. The summed E-state index contributed by atoms with van der Waals surface area (Å²) in [6, 6.07) is 0. The highest BCUT2D eigenvalue weighted by atomic mass is 17.2. The Balaban J connectivity index is 0.827. The molecule has 0 spiro atoms. The minimum atomic E-state index is -0.980. The lowest BCUT2D eigenvalue weighted by atomic mass is 9.60. The smallest absolute Gasteiger partial charge is 0.310 e. The molecule has 54 heavy (non-hydrogen) atoms. The molecule has 0 aliphatic heterocycles. The van der Waals surface area contributed by atoms with Crippen LogP contribution in [0.2, 0.25) is 0 Å². The minimum Gasteiger partial charge on any atom is -0.481 e. The molecule has 6 rings (SSSR count). The molecule has 0 aromatic heterocycles. The van der Waals surface area contributed by atoms with Crippen LogP contribution in [0.3, 0.4) is 0 Å². The van der Waals surface area contributed by atoms with Gasteiger partial charge in [0, 0.05) is 0 Å². The van der Waals surface area contributed by atoms with Crippen LogP contribution in [-0.4, -0.2) is 82.6 Å². The van der Waals surface area contributed by atoms with E-state index in [-0.39, 0.29) is 42.7 Å².